The van der Waals surface area contributed by atoms with Gasteiger partial charge >= 0.3 is 0 Å². The second kappa shape index (κ2) is 8.18. The molecule has 0 aliphatic carbocycles. The molecule has 0 unspecified atom stereocenters. The first kappa shape index (κ1) is 19.9. The molecule has 1 fully saturated rings. The summed E-state index contributed by atoms with van der Waals surface area (Å²) in [4.78, 5) is 31.8. The van der Waals surface area contributed by atoms with Gasteiger partial charge in [0.05, 0.1) is 36.6 Å². The molecule has 0 bridgehead atoms. The number of likely N-dealkylation sites (tertiary alicyclic amines) is 1. The number of aryl methyl sites for hydroxylation is 1. The molecule has 0 saturated carbocycles. The number of rotatable bonds is 5. The molecule has 7 heteroatoms. The van der Waals surface area contributed by atoms with Gasteiger partial charge in [0.2, 0.25) is 11.8 Å². The van der Waals surface area contributed by atoms with Crippen molar-refractivity contribution in [3.8, 4) is 5.75 Å². The van der Waals surface area contributed by atoms with Crippen molar-refractivity contribution in [2.24, 2.45) is 13.0 Å². The molecule has 2 heterocycles. The molecule has 0 spiro atoms. The number of aromatic nitrogens is 2. The Hall–Kier alpha value is -3.35. The number of fused-ring (bicyclic) bond motifs is 1. The third kappa shape index (κ3) is 3.63. The van der Waals surface area contributed by atoms with E-state index in [9.17, 15) is 9.59 Å². The van der Waals surface area contributed by atoms with Crippen LogP contribution in [-0.2, 0) is 23.2 Å². The van der Waals surface area contributed by atoms with Gasteiger partial charge in [-0.2, -0.15) is 0 Å². The number of methoxy groups -OCH3 is 1. The van der Waals surface area contributed by atoms with E-state index in [1.807, 2.05) is 60.1 Å². The van der Waals surface area contributed by atoms with Gasteiger partial charge in [0.25, 0.3) is 0 Å². The number of para-hydroxylation sites is 2. The van der Waals surface area contributed by atoms with Crippen LogP contribution in [0.2, 0.25) is 0 Å². The monoisotopic (exact) mass is 406 g/mol. The molecule has 4 rings (SSSR count). The Labute approximate surface area is 175 Å². The van der Waals surface area contributed by atoms with E-state index in [0.29, 0.717) is 19.4 Å². The Morgan fingerprint density at radius 2 is 1.90 bits per heavy atom. The molecular formula is C23H26N4O3. The van der Waals surface area contributed by atoms with Gasteiger partial charge < -0.3 is 19.5 Å². The van der Waals surface area contributed by atoms with E-state index in [4.69, 9.17) is 4.74 Å². The smallest absolute Gasteiger partial charge is 0.225 e. The van der Waals surface area contributed by atoms with Crippen LogP contribution < -0.4 is 10.1 Å². The molecule has 2 aromatic carbocycles. The minimum Gasteiger partial charge on any atom is -0.497 e. The third-order valence-corrected chi connectivity index (χ3v) is 5.96. The zero-order valence-corrected chi connectivity index (χ0v) is 17.5. The maximum absolute atomic E-state index is 13.1. The number of ether oxygens (including phenoxy) is 1. The number of imidazole rings is 1. The van der Waals surface area contributed by atoms with Crippen molar-refractivity contribution in [2.75, 3.05) is 14.2 Å². The Balaban J connectivity index is 1.54. The lowest BCUT2D eigenvalue weighted by Crippen LogP contribution is -2.46. The van der Waals surface area contributed by atoms with Gasteiger partial charge in [-0.15, -0.1) is 0 Å². The fourth-order valence-corrected chi connectivity index (χ4v) is 4.22. The van der Waals surface area contributed by atoms with Gasteiger partial charge in [0.15, 0.2) is 0 Å². The Bertz CT molecular complexity index is 1070. The fourth-order valence-electron chi connectivity index (χ4n) is 4.22. The van der Waals surface area contributed by atoms with Crippen LogP contribution in [0.3, 0.4) is 0 Å². The summed E-state index contributed by atoms with van der Waals surface area (Å²) in [6, 6.07) is 15.1. The van der Waals surface area contributed by atoms with Crippen LogP contribution in [0.25, 0.3) is 11.0 Å². The predicted molar refractivity (Wildman–Crippen MR) is 114 cm³/mol. The Morgan fingerprint density at radius 1 is 1.17 bits per heavy atom. The van der Waals surface area contributed by atoms with Gasteiger partial charge in [0, 0.05) is 20.5 Å². The maximum atomic E-state index is 13.1. The Morgan fingerprint density at radius 3 is 2.60 bits per heavy atom. The number of benzene rings is 2. The van der Waals surface area contributed by atoms with Crippen molar-refractivity contribution in [2.45, 2.75) is 25.4 Å². The lowest BCUT2D eigenvalue weighted by Gasteiger charge is -2.38. The van der Waals surface area contributed by atoms with Crippen molar-refractivity contribution < 1.29 is 14.3 Å². The second-order valence-electron chi connectivity index (χ2n) is 7.66. The molecular weight excluding hydrogens is 380 g/mol. The van der Waals surface area contributed by atoms with Crippen molar-refractivity contribution in [1.29, 1.82) is 0 Å². The van der Waals surface area contributed by atoms with Gasteiger partial charge in [-0.25, -0.2) is 4.98 Å². The minimum atomic E-state index is -0.323. The average Bonchev–Trinajstić information content (AvgIpc) is 3.09. The van der Waals surface area contributed by atoms with E-state index >= 15 is 0 Å². The number of nitrogens with one attached hydrogen (secondary N) is 1. The molecule has 7 nitrogen and oxygen atoms in total. The normalized spacial score (nSPS) is 19.2. The summed E-state index contributed by atoms with van der Waals surface area (Å²) in [5, 5.41) is 3.04. The topological polar surface area (TPSA) is 76.5 Å². The minimum absolute atomic E-state index is 0.0511. The average molecular weight is 406 g/mol. The zero-order chi connectivity index (χ0) is 21.3. The summed E-state index contributed by atoms with van der Waals surface area (Å²) in [5.41, 5.74) is 2.86. The predicted octanol–water partition coefficient (Wildman–Crippen LogP) is 2.81. The van der Waals surface area contributed by atoms with Crippen LogP contribution in [0, 0.1) is 5.92 Å². The summed E-state index contributed by atoms with van der Waals surface area (Å²) in [7, 11) is 5.33. The second-order valence-corrected chi connectivity index (χ2v) is 7.66. The van der Waals surface area contributed by atoms with E-state index in [2.05, 4.69) is 10.3 Å². The van der Waals surface area contributed by atoms with Gasteiger partial charge in [0.1, 0.15) is 11.6 Å². The highest BCUT2D eigenvalue weighted by Crippen LogP contribution is 2.36. The molecule has 0 radical (unpaired) electrons. The van der Waals surface area contributed by atoms with Crippen LogP contribution in [0.15, 0.2) is 48.5 Å². The highest BCUT2D eigenvalue weighted by Gasteiger charge is 2.38. The Kier molecular flexibility index (Phi) is 5.44. The first-order valence-corrected chi connectivity index (χ1v) is 10.1. The summed E-state index contributed by atoms with van der Waals surface area (Å²) >= 11 is 0. The maximum Gasteiger partial charge on any atom is 0.225 e. The number of carbonyl (C=O) groups is 2. The van der Waals surface area contributed by atoms with E-state index in [1.165, 1.54) is 0 Å². The lowest BCUT2D eigenvalue weighted by atomic mass is 9.84. The SMILES string of the molecule is COc1ccc([C@H]2[C@H](C(=O)NCc3nc4ccccc4n3C)CCC(=O)N2C)cc1. The van der Waals surface area contributed by atoms with E-state index in [0.717, 1.165) is 28.2 Å². The standard InChI is InChI=1S/C23H26N4O3/c1-26-19-7-5-4-6-18(19)25-20(26)14-24-23(29)17-12-13-21(28)27(2)22(17)15-8-10-16(30-3)11-9-15/h4-11,17,22H,12-14H2,1-3H3,(H,24,29)/t17-,22+/m1/s1. The highest BCUT2D eigenvalue weighted by atomic mass is 16.5. The van der Waals surface area contributed by atoms with E-state index in [1.54, 1.807) is 19.1 Å². The molecule has 2 amide bonds. The largest absolute Gasteiger partial charge is 0.497 e. The highest BCUT2D eigenvalue weighted by molar-refractivity contribution is 5.85. The summed E-state index contributed by atoms with van der Waals surface area (Å²) in [5.74, 6) is 1.20. The van der Waals surface area contributed by atoms with Gasteiger partial charge in [-0.05, 0) is 36.2 Å². The molecule has 156 valence electrons. The molecule has 1 saturated heterocycles. The van der Waals surface area contributed by atoms with Gasteiger partial charge in [-0.3, -0.25) is 9.59 Å². The molecule has 2 atom stereocenters. The van der Waals surface area contributed by atoms with Crippen molar-refractivity contribution in [1.82, 2.24) is 19.8 Å². The van der Waals surface area contributed by atoms with Crippen LogP contribution in [0.4, 0.5) is 0 Å². The van der Waals surface area contributed by atoms with Crippen LogP contribution >= 0.6 is 0 Å². The first-order chi connectivity index (χ1) is 14.5. The molecule has 3 aromatic rings. The summed E-state index contributed by atoms with van der Waals surface area (Å²) in [6.07, 6.45) is 0.891. The third-order valence-electron chi connectivity index (χ3n) is 5.96. The molecule has 30 heavy (non-hydrogen) atoms. The molecule has 1 aliphatic heterocycles. The molecule has 1 aromatic heterocycles. The van der Waals surface area contributed by atoms with E-state index < -0.39 is 0 Å². The molecule has 1 N–H and O–H groups in total. The summed E-state index contributed by atoms with van der Waals surface area (Å²) < 4.78 is 7.23. The van der Waals surface area contributed by atoms with Crippen LogP contribution in [0.5, 0.6) is 5.75 Å². The fraction of sp³-hybridized carbons (Fsp3) is 0.348. The summed E-state index contributed by atoms with van der Waals surface area (Å²) in [6.45, 7) is 0.341. The number of amides is 2. The number of carbonyl (C=O) groups excluding carboxylic acids is 2. The van der Waals surface area contributed by atoms with Crippen LogP contribution in [-0.4, -0.2) is 40.4 Å². The number of piperidine rings is 1. The first-order valence-electron chi connectivity index (χ1n) is 10.1. The zero-order valence-electron chi connectivity index (χ0n) is 17.5. The van der Waals surface area contributed by atoms with Crippen molar-refractivity contribution >= 4 is 22.8 Å². The number of hydrogen-bond acceptors (Lipinski definition) is 4. The number of hydrogen-bond donors (Lipinski definition) is 1. The van der Waals surface area contributed by atoms with Crippen molar-refractivity contribution in [3.63, 3.8) is 0 Å². The van der Waals surface area contributed by atoms with Gasteiger partial charge in [-0.1, -0.05) is 24.3 Å². The number of nitrogens with zero attached hydrogens (tertiary/aromatic N) is 3. The quantitative estimate of drug-likeness (QED) is 0.707. The van der Waals surface area contributed by atoms with Crippen LogP contribution in [0.1, 0.15) is 30.3 Å². The van der Waals surface area contributed by atoms with E-state index in [-0.39, 0.29) is 23.8 Å². The molecule has 1 aliphatic rings. The van der Waals surface area contributed by atoms with Crippen molar-refractivity contribution in [3.05, 3.63) is 59.9 Å². The lowest BCUT2D eigenvalue weighted by molar-refractivity contribution is -0.141.